The maximum atomic E-state index is 12.2. The lowest BCUT2D eigenvalue weighted by Gasteiger charge is -2.12. The number of fused-ring (bicyclic) bond motifs is 1. The Hall–Kier alpha value is -1.47. The van der Waals surface area contributed by atoms with Crippen molar-refractivity contribution in [3.63, 3.8) is 0 Å². The smallest absolute Gasteiger partial charge is 0.326 e. The summed E-state index contributed by atoms with van der Waals surface area (Å²) in [6.45, 7) is 7.57. The van der Waals surface area contributed by atoms with Crippen molar-refractivity contribution >= 4 is 49.4 Å². The summed E-state index contributed by atoms with van der Waals surface area (Å²) in [4.78, 5) is 28.9. The van der Waals surface area contributed by atoms with E-state index in [2.05, 4.69) is 20.9 Å². The van der Waals surface area contributed by atoms with Crippen LogP contribution in [0.3, 0.4) is 0 Å². The molecule has 0 aliphatic heterocycles. The minimum absolute atomic E-state index is 0.0335. The highest BCUT2D eigenvalue weighted by Crippen LogP contribution is 2.23. The van der Waals surface area contributed by atoms with Gasteiger partial charge in [0.25, 0.3) is 5.91 Å². The van der Waals surface area contributed by atoms with Crippen molar-refractivity contribution in [2.45, 2.75) is 34.2 Å². The molecule has 5 nitrogen and oxygen atoms in total. The molecule has 1 aromatic heterocycles. The fourth-order valence-corrected chi connectivity index (χ4v) is 3.46. The van der Waals surface area contributed by atoms with Gasteiger partial charge in [0, 0.05) is 9.89 Å². The highest BCUT2D eigenvalue weighted by Gasteiger charge is 2.21. The molecule has 0 spiro atoms. The van der Waals surface area contributed by atoms with Gasteiger partial charge in [-0.05, 0) is 25.1 Å². The van der Waals surface area contributed by atoms with Crippen LogP contribution < -0.4 is 4.80 Å². The zero-order chi connectivity index (χ0) is 17.2. The van der Waals surface area contributed by atoms with E-state index in [9.17, 15) is 9.59 Å². The molecule has 0 aliphatic carbocycles. The Bertz CT molecular complexity index is 815. The highest BCUT2D eigenvalue weighted by molar-refractivity contribution is 9.10. The maximum Gasteiger partial charge on any atom is 0.326 e. The first-order chi connectivity index (χ1) is 10.7. The minimum Gasteiger partial charge on any atom is -0.465 e. The molecule has 7 heteroatoms. The normalized spacial score (nSPS) is 12.7. The average Bonchev–Trinajstić information content (AvgIpc) is 2.75. The Morgan fingerprint density at radius 1 is 1.35 bits per heavy atom. The van der Waals surface area contributed by atoms with E-state index in [1.807, 2.05) is 39.0 Å². The van der Waals surface area contributed by atoms with E-state index in [4.69, 9.17) is 4.74 Å². The molecule has 0 saturated heterocycles. The van der Waals surface area contributed by atoms with Gasteiger partial charge in [0.05, 0.1) is 16.8 Å². The zero-order valence-corrected chi connectivity index (χ0v) is 16.0. The number of ether oxygens (including phenoxy) is 1. The number of esters is 1. The first-order valence-corrected chi connectivity index (χ1v) is 8.87. The summed E-state index contributed by atoms with van der Waals surface area (Å²) >= 11 is 4.81. The van der Waals surface area contributed by atoms with Crippen molar-refractivity contribution < 1.29 is 14.3 Å². The molecule has 1 amide bonds. The SMILES string of the molecule is CCOC(=O)Cn1c(=NC(=O)C(C)(C)C)sc2cc(Br)ccc21. The van der Waals surface area contributed by atoms with Gasteiger partial charge in [-0.3, -0.25) is 9.59 Å². The summed E-state index contributed by atoms with van der Waals surface area (Å²) in [6.07, 6.45) is 0. The molecule has 0 atom stereocenters. The first kappa shape index (κ1) is 17.9. The van der Waals surface area contributed by atoms with Crippen LogP contribution in [0.25, 0.3) is 10.2 Å². The number of halogens is 1. The number of rotatable bonds is 3. The predicted octanol–water partition coefficient (Wildman–Crippen LogP) is 3.50. The molecule has 124 valence electrons. The van der Waals surface area contributed by atoms with Crippen LogP contribution in [-0.2, 0) is 20.9 Å². The summed E-state index contributed by atoms with van der Waals surface area (Å²) in [6, 6.07) is 5.74. The van der Waals surface area contributed by atoms with E-state index in [0.717, 1.165) is 14.7 Å². The van der Waals surface area contributed by atoms with Crippen molar-refractivity contribution in [2.75, 3.05) is 6.61 Å². The van der Waals surface area contributed by atoms with Crippen molar-refractivity contribution in [3.05, 3.63) is 27.5 Å². The highest BCUT2D eigenvalue weighted by atomic mass is 79.9. The number of benzene rings is 1. The zero-order valence-electron chi connectivity index (χ0n) is 13.6. The van der Waals surface area contributed by atoms with Gasteiger partial charge in [-0.25, -0.2) is 0 Å². The number of thiazole rings is 1. The lowest BCUT2D eigenvalue weighted by molar-refractivity contribution is -0.143. The minimum atomic E-state index is -0.571. The van der Waals surface area contributed by atoms with Crippen molar-refractivity contribution in [3.8, 4) is 0 Å². The number of aromatic nitrogens is 1. The lowest BCUT2D eigenvalue weighted by atomic mass is 9.96. The molecule has 1 aromatic carbocycles. The molecule has 0 radical (unpaired) electrons. The predicted molar refractivity (Wildman–Crippen MR) is 94.2 cm³/mol. The standard InChI is InChI=1S/C16H19BrN2O3S/c1-5-22-13(20)9-19-11-7-6-10(17)8-12(11)23-15(19)18-14(21)16(2,3)4/h6-8H,5,9H2,1-4H3. The van der Waals surface area contributed by atoms with Gasteiger partial charge in [0.1, 0.15) is 6.54 Å². The number of carbonyl (C=O) groups excluding carboxylic acids is 2. The summed E-state index contributed by atoms with van der Waals surface area (Å²) < 4.78 is 8.64. The van der Waals surface area contributed by atoms with Gasteiger partial charge in [-0.15, -0.1) is 0 Å². The van der Waals surface area contributed by atoms with Gasteiger partial charge >= 0.3 is 5.97 Å². The molecule has 0 N–H and O–H groups in total. The molecule has 2 aromatic rings. The molecule has 0 aliphatic rings. The fraction of sp³-hybridized carbons (Fsp3) is 0.438. The summed E-state index contributed by atoms with van der Waals surface area (Å²) in [5.74, 6) is -0.569. The molecule has 0 fully saturated rings. The first-order valence-electron chi connectivity index (χ1n) is 7.26. The van der Waals surface area contributed by atoms with E-state index in [0.29, 0.717) is 11.4 Å². The molecule has 0 unspecified atom stereocenters. The van der Waals surface area contributed by atoms with Gasteiger partial charge in [-0.1, -0.05) is 48.0 Å². The second kappa shape index (κ2) is 6.97. The Morgan fingerprint density at radius 2 is 2.04 bits per heavy atom. The average molecular weight is 399 g/mol. The number of carbonyl (C=O) groups is 2. The largest absolute Gasteiger partial charge is 0.465 e. The van der Waals surface area contributed by atoms with Crippen LogP contribution in [0.15, 0.2) is 27.7 Å². The van der Waals surface area contributed by atoms with Crippen molar-refractivity contribution in [2.24, 2.45) is 10.4 Å². The Morgan fingerprint density at radius 3 is 2.65 bits per heavy atom. The third-order valence-corrected chi connectivity index (χ3v) is 4.61. The van der Waals surface area contributed by atoms with Crippen LogP contribution in [0.4, 0.5) is 0 Å². The second-order valence-electron chi connectivity index (χ2n) is 6.05. The monoisotopic (exact) mass is 398 g/mol. The topological polar surface area (TPSA) is 60.7 Å². The van der Waals surface area contributed by atoms with Gasteiger partial charge in [-0.2, -0.15) is 4.99 Å². The number of amides is 1. The quantitative estimate of drug-likeness (QED) is 0.743. The van der Waals surface area contributed by atoms with Gasteiger partial charge in [0.15, 0.2) is 4.80 Å². The fourth-order valence-electron chi connectivity index (χ4n) is 1.88. The van der Waals surface area contributed by atoms with Crippen LogP contribution in [0.1, 0.15) is 27.7 Å². The summed E-state index contributed by atoms with van der Waals surface area (Å²) in [5, 5.41) is 0. The van der Waals surface area contributed by atoms with Crippen molar-refractivity contribution in [1.82, 2.24) is 4.57 Å². The summed E-state index contributed by atoms with van der Waals surface area (Å²) in [7, 11) is 0. The van der Waals surface area contributed by atoms with Crippen LogP contribution in [0, 0.1) is 5.41 Å². The van der Waals surface area contributed by atoms with Crippen LogP contribution in [-0.4, -0.2) is 23.1 Å². The van der Waals surface area contributed by atoms with E-state index in [-0.39, 0.29) is 18.4 Å². The second-order valence-corrected chi connectivity index (χ2v) is 7.98. The lowest BCUT2D eigenvalue weighted by Crippen LogP contribution is -2.26. The van der Waals surface area contributed by atoms with Gasteiger partial charge in [0.2, 0.25) is 0 Å². The molecular formula is C16H19BrN2O3S. The Labute approximate surface area is 147 Å². The molecule has 23 heavy (non-hydrogen) atoms. The van der Waals surface area contributed by atoms with E-state index in [1.165, 1.54) is 11.3 Å². The van der Waals surface area contributed by atoms with Crippen LogP contribution in [0.5, 0.6) is 0 Å². The van der Waals surface area contributed by atoms with Crippen LogP contribution >= 0.6 is 27.3 Å². The molecule has 2 rings (SSSR count). The maximum absolute atomic E-state index is 12.2. The van der Waals surface area contributed by atoms with Crippen molar-refractivity contribution in [1.29, 1.82) is 0 Å². The number of hydrogen-bond acceptors (Lipinski definition) is 4. The Kier molecular flexibility index (Phi) is 5.41. The Balaban J connectivity index is 2.60. The van der Waals surface area contributed by atoms with E-state index >= 15 is 0 Å². The third-order valence-electron chi connectivity index (χ3n) is 3.08. The van der Waals surface area contributed by atoms with E-state index in [1.54, 1.807) is 11.5 Å². The molecule has 0 bridgehead atoms. The van der Waals surface area contributed by atoms with Crippen LogP contribution in [0.2, 0.25) is 0 Å². The summed E-state index contributed by atoms with van der Waals surface area (Å²) in [5.41, 5.74) is 0.283. The number of nitrogens with zero attached hydrogens (tertiary/aromatic N) is 2. The van der Waals surface area contributed by atoms with E-state index < -0.39 is 5.41 Å². The van der Waals surface area contributed by atoms with Gasteiger partial charge < -0.3 is 9.30 Å². The molecule has 0 saturated carbocycles. The molecule has 1 heterocycles. The molecular weight excluding hydrogens is 380 g/mol. The number of hydrogen-bond donors (Lipinski definition) is 0. The third kappa shape index (κ3) is 4.29.